The van der Waals surface area contributed by atoms with Gasteiger partial charge in [-0.15, -0.1) is 0 Å². The third-order valence-corrected chi connectivity index (χ3v) is 4.70. The predicted octanol–water partition coefficient (Wildman–Crippen LogP) is 1.91. The summed E-state index contributed by atoms with van der Waals surface area (Å²) < 4.78 is 5.68. The molecule has 1 atom stereocenters. The van der Waals surface area contributed by atoms with Crippen LogP contribution in [0, 0.1) is 26.7 Å². The molecule has 2 aromatic rings. The van der Waals surface area contributed by atoms with Gasteiger partial charge in [0, 0.05) is 5.56 Å². The third-order valence-electron chi connectivity index (χ3n) is 3.60. The van der Waals surface area contributed by atoms with E-state index in [0.717, 1.165) is 27.7 Å². The second-order valence-corrected chi connectivity index (χ2v) is 7.74. The van der Waals surface area contributed by atoms with Crippen LogP contribution in [0.2, 0.25) is 0 Å². The van der Waals surface area contributed by atoms with Crippen molar-refractivity contribution in [3.63, 3.8) is 0 Å². The molecule has 2 aromatic carbocycles. The molecule has 0 saturated carbocycles. The van der Waals surface area contributed by atoms with E-state index in [4.69, 9.17) is 4.74 Å². The van der Waals surface area contributed by atoms with E-state index in [0.29, 0.717) is 12.5 Å². The van der Waals surface area contributed by atoms with Gasteiger partial charge < -0.3 is 6.16 Å². The Labute approximate surface area is 160 Å². The number of aryl methyl sites for hydroxylation is 3. The Morgan fingerprint density at radius 1 is 1.08 bits per heavy atom. The molecule has 0 aromatic heterocycles. The van der Waals surface area contributed by atoms with Gasteiger partial charge in [-0.2, -0.15) is 0 Å². The Hall–Kier alpha value is -1.06. The molecule has 4 heteroatoms. The first-order valence-electron chi connectivity index (χ1n) is 7.99. The molecule has 2 rings (SSSR count). The number of hydrogen-bond acceptors (Lipinski definition) is 2. The first-order valence-corrected chi connectivity index (χ1v) is 8.99. The molecule has 124 valence electrons. The van der Waals surface area contributed by atoms with Gasteiger partial charge in [-0.1, -0.05) is 43.7 Å². The molecule has 0 heterocycles. The molecule has 0 spiro atoms. The molecule has 0 N–H and O–H groups in total. The zero-order chi connectivity index (χ0) is 17.0. The van der Waals surface area contributed by atoms with E-state index >= 15 is 0 Å². The van der Waals surface area contributed by atoms with E-state index in [1.807, 2.05) is 38.1 Å². The fourth-order valence-electron chi connectivity index (χ4n) is 2.63. The average Bonchev–Trinajstić information content (AvgIpc) is 2.45. The summed E-state index contributed by atoms with van der Waals surface area (Å²) in [5, 5.41) is 1.05. The summed E-state index contributed by atoms with van der Waals surface area (Å²) in [6, 6.07) is 12.0. The van der Waals surface area contributed by atoms with Gasteiger partial charge in [0.15, 0.2) is 5.52 Å². The summed E-state index contributed by atoms with van der Waals surface area (Å²) >= 11 is 0. The summed E-state index contributed by atoms with van der Waals surface area (Å²) in [5.74, 6) is 1.37. The van der Waals surface area contributed by atoms with Crippen molar-refractivity contribution < 1.29 is 29.8 Å². The van der Waals surface area contributed by atoms with Gasteiger partial charge in [0.2, 0.25) is 0 Å². The zero-order valence-electron chi connectivity index (χ0n) is 16.6. The van der Waals surface area contributed by atoms with Crippen LogP contribution in [0.5, 0.6) is 5.75 Å². The second-order valence-electron chi connectivity index (χ2n) is 6.46. The molecule has 0 aliphatic heterocycles. The number of hydrogen-bond donors (Lipinski definition) is 0. The van der Waals surface area contributed by atoms with E-state index in [9.17, 15) is 4.79 Å². The topological polar surface area (TPSA) is 26.3 Å². The minimum atomic E-state index is 0. The second kappa shape index (κ2) is 9.43. The monoisotopic (exact) mass is 336 g/mol. The number of carbonyl (C=O) groups excluding carboxylic acids is 1. The van der Waals surface area contributed by atoms with Crippen LogP contribution in [0.25, 0.3) is 0 Å². The smallest absolute Gasteiger partial charge is 1.00 e. The van der Waals surface area contributed by atoms with Crippen LogP contribution < -0.4 is 28.9 Å². The van der Waals surface area contributed by atoms with Crippen molar-refractivity contribution in [2.24, 2.45) is 5.92 Å². The Morgan fingerprint density at radius 2 is 1.62 bits per heavy atom. The Bertz CT molecular complexity index is 676. The molecule has 0 radical (unpaired) electrons. The minimum Gasteiger partial charge on any atom is -1.00 e. The van der Waals surface area contributed by atoms with Crippen molar-refractivity contribution in [2.45, 2.75) is 34.6 Å². The number of carbonyl (C=O) groups is 1. The van der Waals surface area contributed by atoms with Crippen molar-refractivity contribution >= 4 is 19.4 Å². The number of benzene rings is 2. The molecular formula is C20H26LiO2P. The van der Waals surface area contributed by atoms with Crippen LogP contribution in [0.3, 0.4) is 0 Å². The maximum Gasteiger partial charge on any atom is 1.00 e. The quantitative estimate of drug-likeness (QED) is 0.595. The standard InChI is InChI=1S/C20H25O2P.Li.H/c1-13(2)12-22-17-6-8-18(9-7-17)23-20(21)19-15(4)10-14(3)11-16(19)5;;/h6-11,13,23H,12H2,1-5H3;;/q;+1;-1. The van der Waals surface area contributed by atoms with E-state index in [-0.39, 0.29) is 34.4 Å². The molecule has 0 aliphatic carbocycles. The van der Waals surface area contributed by atoms with Crippen LogP contribution in [0.4, 0.5) is 0 Å². The van der Waals surface area contributed by atoms with E-state index in [1.54, 1.807) is 0 Å². The molecule has 24 heavy (non-hydrogen) atoms. The van der Waals surface area contributed by atoms with Crippen LogP contribution in [0.15, 0.2) is 36.4 Å². The van der Waals surface area contributed by atoms with Crippen molar-refractivity contribution in [1.29, 1.82) is 0 Å². The van der Waals surface area contributed by atoms with E-state index < -0.39 is 0 Å². The SMILES string of the molecule is Cc1cc(C)c(C(=O)Pc2ccc(OCC(C)C)cc2)c(C)c1.[H-].[Li+]. The van der Waals surface area contributed by atoms with Gasteiger partial charge in [-0.05, 0) is 63.8 Å². The van der Waals surface area contributed by atoms with Gasteiger partial charge in [-0.25, -0.2) is 0 Å². The molecule has 2 nitrogen and oxygen atoms in total. The zero-order valence-corrected chi connectivity index (χ0v) is 16.6. The maximum absolute atomic E-state index is 12.6. The third kappa shape index (κ3) is 5.78. The van der Waals surface area contributed by atoms with E-state index in [1.165, 1.54) is 5.56 Å². The van der Waals surface area contributed by atoms with Crippen LogP contribution in [-0.2, 0) is 0 Å². The Morgan fingerprint density at radius 3 is 2.12 bits per heavy atom. The first-order chi connectivity index (χ1) is 10.9. The molecular weight excluding hydrogens is 310 g/mol. The van der Waals surface area contributed by atoms with Crippen molar-refractivity contribution in [3.05, 3.63) is 58.7 Å². The van der Waals surface area contributed by atoms with Crippen molar-refractivity contribution in [1.82, 2.24) is 0 Å². The van der Waals surface area contributed by atoms with Gasteiger partial charge in [0.25, 0.3) is 0 Å². The first kappa shape index (κ1) is 21.0. The van der Waals surface area contributed by atoms with Crippen LogP contribution in [-0.4, -0.2) is 12.1 Å². The summed E-state index contributed by atoms with van der Waals surface area (Å²) in [4.78, 5) is 12.6. The summed E-state index contributed by atoms with van der Waals surface area (Å²) in [6.07, 6.45) is 0. The van der Waals surface area contributed by atoms with Gasteiger partial charge >= 0.3 is 18.9 Å². The minimum absolute atomic E-state index is 0. The van der Waals surface area contributed by atoms with Gasteiger partial charge in [-0.3, -0.25) is 4.79 Å². The van der Waals surface area contributed by atoms with Gasteiger partial charge in [0.05, 0.1) is 6.61 Å². The normalized spacial score (nSPS) is 10.9. The average molecular weight is 336 g/mol. The molecule has 0 aliphatic rings. The fourth-order valence-corrected chi connectivity index (χ4v) is 3.74. The predicted molar refractivity (Wildman–Crippen MR) is 101 cm³/mol. The number of rotatable bonds is 6. The van der Waals surface area contributed by atoms with Crippen LogP contribution >= 0.6 is 8.58 Å². The van der Waals surface area contributed by atoms with Crippen molar-refractivity contribution in [3.8, 4) is 5.75 Å². The fraction of sp³-hybridized carbons (Fsp3) is 0.350. The van der Waals surface area contributed by atoms with Gasteiger partial charge in [0.1, 0.15) is 5.75 Å². The molecule has 0 amide bonds. The van der Waals surface area contributed by atoms with Crippen molar-refractivity contribution in [2.75, 3.05) is 6.61 Å². The Kier molecular flexibility index (Phi) is 8.24. The largest absolute Gasteiger partial charge is 1.00 e. The number of ether oxygens (including phenoxy) is 1. The summed E-state index contributed by atoms with van der Waals surface area (Å²) in [7, 11) is 0.145. The molecule has 0 saturated heterocycles. The van der Waals surface area contributed by atoms with E-state index in [2.05, 4.69) is 32.9 Å². The molecule has 1 unspecified atom stereocenters. The maximum atomic E-state index is 12.6. The summed E-state index contributed by atoms with van der Waals surface area (Å²) in [6.45, 7) is 11.1. The van der Waals surface area contributed by atoms with Crippen LogP contribution in [0.1, 0.15) is 42.3 Å². The molecule has 0 fully saturated rings. The molecule has 0 bridgehead atoms. The summed E-state index contributed by atoms with van der Waals surface area (Å²) in [5.41, 5.74) is 4.41. The Balaban J connectivity index is 0.00000288.